The molecule has 0 atom stereocenters. The molecule has 10 heteroatoms. The number of anilines is 3. The number of aromatic nitrogens is 4. The molecule has 1 aromatic carbocycles. The fraction of sp³-hybridized carbons (Fsp3) is 0.481. The monoisotopic (exact) mass is 519 g/mol. The summed E-state index contributed by atoms with van der Waals surface area (Å²) >= 11 is 1.49. The molecule has 0 unspecified atom stereocenters. The van der Waals surface area contributed by atoms with Gasteiger partial charge in [-0.15, -0.1) is 0 Å². The van der Waals surface area contributed by atoms with Gasteiger partial charge in [-0.2, -0.15) is 5.10 Å². The average molecular weight is 520 g/mol. The number of carbonyl (C=O) groups is 1. The molecule has 1 saturated heterocycles. The zero-order valence-corrected chi connectivity index (χ0v) is 21.9. The topological polar surface area (TPSA) is 108 Å². The maximum atomic E-state index is 12.0. The minimum Gasteiger partial charge on any atom is -0.372 e. The highest BCUT2D eigenvalue weighted by molar-refractivity contribution is 7.99. The molecule has 3 aliphatic rings. The first-order chi connectivity index (χ1) is 18.1. The summed E-state index contributed by atoms with van der Waals surface area (Å²) in [6.07, 6.45) is 6.75. The van der Waals surface area contributed by atoms with Crippen LogP contribution in [-0.4, -0.2) is 57.2 Å². The van der Waals surface area contributed by atoms with Crippen LogP contribution >= 0.6 is 11.8 Å². The Bertz CT molecular complexity index is 1230. The van der Waals surface area contributed by atoms with E-state index in [2.05, 4.69) is 38.8 Å². The lowest BCUT2D eigenvalue weighted by Crippen LogP contribution is -2.34. The minimum absolute atomic E-state index is 0.111. The van der Waals surface area contributed by atoms with E-state index in [0.717, 1.165) is 60.9 Å². The lowest BCUT2D eigenvalue weighted by atomic mass is 10.1. The molecule has 37 heavy (non-hydrogen) atoms. The first-order valence-corrected chi connectivity index (χ1v) is 14.0. The van der Waals surface area contributed by atoms with E-state index < -0.39 is 0 Å². The summed E-state index contributed by atoms with van der Waals surface area (Å²) in [5.41, 5.74) is 2.82. The van der Waals surface area contributed by atoms with Crippen LogP contribution in [-0.2, 0) is 16.1 Å². The van der Waals surface area contributed by atoms with Crippen LogP contribution in [0.3, 0.4) is 0 Å². The molecule has 6 rings (SSSR count). The third-order valence-electron chi connectivity index (χ3n) is 7.04. The molecular formula is C27H33N7O2S. The second kappa shape index (κ2) is 10.8. The molecule has 1 amide bonds. The number of rotatable bonds is 10. The molecular weight excluding hydrogens is 486 g/mol. The van der Waals surface area contributed by atoms with Crippen LogP contribution in [0.1, 0.15) is 55.8 Å². The van der Waals surface area contributed by atoms with Crippen LogP contribution in [0.15, 0.2) is 46.5 Å². The molecule has 2 saturated carbocycles. The number of likely N-dealkylation sites (tertiary alicyclic amines) is 1. The number of amides is 1. The Morgan fingerprint density at radius 2 is 1.84 bits per heavy atom. The van der Waals surface area contributed by atoms with Crippen molar-refractivity contribution < 1.29 is 9.53 Å². The fourth-order valence-corrected chi connectivity index (χ4v) is 5.24. The van der Waals surface area contributed by atoms with Gasteiger partial charge in [-0.25, -0.2) is 9.97 Å². The molecule has 9 nitrogen and oxygen atoms in total. The average Bonchev–Trinajstić information content (AvgIpc) is 3.83. The van der Waals surface area contributed by atoms with Crippen LogP contribution in [0.4, 0.5) is 17.3 Å². The highest BCUT2D eigenvalue weighted by atomic mass is 32.2. The number of benzene rings is 1. The summed E-state index contributed by atoms with van der Waals surface area (Å²) in [6, 6.07) is 11.8. The predicted octanol–water partition coefficient (Wildman–Crippen LogP) is 4.93. The summed E-state index contributed by atoms with van der Waals surface area (Å²) in [5, 5.41) is 14.5. The number of hydrogen-bond donors (Lipinski definition) is 3. The van der Waals surface area contributed by atoms with E-state index in [1.165, 1.54) is 30.3 Å². The normalized spacial score (nSPS) is 18.6. The molecule has 0 spiro atoms. The van der Waals surface area contributed by atoms with Crippen molar-refractivity contribution in [2.75, 3.05) is 30.8 Å². The number of nitrogens with zero attached hydrogens (tertiary/aromatic N) is 4. The van der Waals surface area contributed by atoms with Crippen molar-refractivity contribution in [1.82, 2.24) is 25.1 Å². The molecule has 3 aromatic rings. The van der Waals surface area contributed by atoms with Crippen molar-refractivity contribution in [3.63, 3.8) is 0 Å². The van der Waals surface area contributed by atoms with Gasteiger partial charge in [-0.05, 0) is 81.6 Å². The van der Waals surface area contributed by atoms with Crippen molar-refractivity contribution in [2.45, 2.75) is 67.2 Å². The van der Waals surface area contributed by atoms with Gasteiger partial charge >= 0.3 is 0 Å². The zero-order valence-electron chi connectivity index (χ0n) is 21.1. The maximum absolute atomic E-state index is 12.0. The summed E-state index contributed by atoms with van der Waals surface area (Å²) < 4.78 is 6.23. The van der Waals surface area contributed by atoms with E-state index in [9.17, 15) is 4.79 Å². The maximum Gasteiger partial charge on any atom is 0.227 e. The van der Waals surface area contributed by atoms with E-state index in [4.69, 9.17) is 14.7 Å². The number of carbonyl (C=O) groups excluding carboxylic acids is 1. The van der Waals surface area contributed by atoms with E-state index in [1.54, 1.807) is 0 Å². The van der Waals surface area contributed by atoms with Crippen molar-refractivity contribution in [1.29, 1.82) is 0 Å². The Labute approximate surface area is 221 Å². The molecule has 2 aliphatic carbocycles. The quantitative estimate of drug-likeness (QED) is 0.324. The minimum atomic E-state index is 0.111. The Hall–Kier alpha value is -2.95. The molecule has 1 aliphatic heterocycles. The van der Waals surface area contributed by atoms with Crippen molar-refractivity contribution in [3.05, 3.63) is 47.8 Å². The van der Waals surface area contributed by atoms with E-state index in [-0.39, 0.29) is 17.9 Å². The Morgan fingerprint density at radius 1 is 1.05 bits per heavy atom. The predicted molar refractivity (Wildman–Crippen MR) is 143 cm³/mol. The third-order valence-corrected chi connectivity index (χ3v) is 7.91. The van der Waals surface area contributed by atoms with E-state index >= 15 is 0 Å². The largest absolute Gasteiger partial charge is 0.372 e. The smallest absolute Gasteiger partial charge is 0.227 e. The fourth-order valence-electron chi connectivity index (χ4n) is 4.45. The summed E-state index contributed by atoms with van der Waals surface area (Å²) in [6.45, 7) is 2.56. The highest BCUT2D eigenvalue weighted by Crippen LogP contribution is 2.39. The van der Waals surface area contributed by atoms with Crippen LogP contribution in [0.2, 0.25) is 0 Å². The second-order valence-electron chi connectivity index (χ2n) is 10.3. The number of hydrogen-bond acceptors (Lipinski definition) is 8. The van der Waals surface area contributed by atoms with Gasteiger partial charge in [0.2, 0.25) is 5.91 Å². The lowest BCUT2D eigenvalue weighted by Gasteiger charge is -2.28. The van der Waals surface area contributed by atoms with E-state index in [0.29, 0.717) is 23.5 Å². The van der Waals surface area contributed by atoms with Gasteiger partial charge in [0.25, 0.3) is 0 Å². The molecule has 0 bridgehead atoms. The van der Waals surface area contributed by atoms with Gasteiger partial charge in [0.15, 0.2) is 11.0 Å². The molecule has 194 valence electrons. The molecule has 0 radical (unpaired) electrons. The van der Waals surface area contributed by atoms with E-state index in [1.807, 2.05) is 30.3 Å². The third kappa shape index (κ3) is 6.68. The Kier molecular flexibility index (Phi) is 7.12. The van der Waals surface area contributed by atoms with Crippen LogP contribution < -0.4 is 10.6 Å². The number of H-pyrrole nitrogens is 1. The standard InChI is InChI=1S/C27H33N7O2S/c1-34-12-10-21(11-13-34)36-16-20-14-24(30-25-15-23(32-33-25)17-2-3-17)31-27(29-20)37-22-8-6-19(7-9-22)28-26(35)18-4-5-18/h6-9,14-15,17-18,21H,2-5,10-13,16H2,1H3,(H,28,35)(H2,29,30,31,32,33). The Morgan fingerprint density at radius 3 is 2.57 bits per heavy atom. The van der Waals surface area contributed by atoms with Crippen molar-refractivity contribution >= 4 is 35.0 Å². The number of aromatic amines is 1. The summed E-state index contributed by atoms with van der Waals surface area (Å²) in [7, 11) is 2.15. The van der Waals surface area contributed by atoms with Gasteiger partial charge in [0.05, 0.1) is 18.4 Å². The zero-order chi connectivity index (χ0) is 25.2. The van der Waals surface area contributed by atoms with Gasteiger partial charge in [0.1, 0.15) is 5.82 Å². The Balaban J connectivity index is 1.16. The van der Waals surface area contributed by atoms with Crippen LogP contribution in [0, 0.1) is 5.92 Å². The number of piperidine rings is 1. The molecule has 3 fully saturated rings. The molecule has 3 N–H and O–H groups in total. The first-order valence-electron chi connectivity index (χ1n) is 13.2. The molecule has 3 heterocycles. The van der Waals surface area contributed by atoms with Crippen molar-refractivity contribution in [3.8, 4) is 0 Å². The SMILES string of the molecule is CN1CCC(OCc2cc(Nc3cc(C4CC4)[nH]n3)nc(Sc3ccc(NC(=O)C4CC4)cc3)n2)CC1. The van der Waals surface area contributed by atoms with Gasteiger partial charge in [0, 0.05) is 53.3 Å². The lowest BCUT2D eigenvalue weighted by molar-refractivity contribution is -0.117. The molecule has 2 aromatic heterocycles. The second-order valence-corrected chi connectivity index (χ2v) is 11.4. The van der Waals surface area contributed by atoms with Gasteiger partial charge < -0.3 is 20.3 Å². The van der Waals surface area contributed by atoms with Gasteiger partial charge in [-0.3, -0.25) is 9.89 Å². The van der Waals surface area contributed by atoms with Crippen molar-refractivity contribution in [2.24, 2.45) is 5.92 Å². The number of ether oxygens (including phenoxy) is 1. The summed E-state index contributed by atoms with van der Waals surface area (Å²) in [5.74, 6) is 2.36. The van der Waals surface area contributed by atoms with Gasteiger partial charge in [-0.1, -0.05) is 0 Å². The van der Waals surface area contributed by atoms with Crippen LogP contribution in [0.5, 0.6) is 0 Å². The number of nitrogens with one attached hydrogen (secondary N) is 3. The summed E-state index contributed by atoms with van der Waals surface area (Å²) in [4.78, 5) is 24.9. The van der Waals surface area contributed by atoms with Crippen LogP contribution in [0.25, 0.3) is 0 Å². The first kappa shape index (κ1) is 24.4. The highest BCUT2D eigenvalue weighted by Gasteiger charge is 2.29.